The van der Waals surface area contributed by atoms with E-state index in [1.165, 1.54) is 15.6 Å². The number of fused-ring (bicyclic) bond motifs is 1. The van der Waals surface area contributed by atoms with Crippen LogP contribution in [0.25, 0.3) is 0 Å². The number of hydrogen-bond donors (Lipinski definition) is 0. The maximum Gasteiger partial charge on any atom is 0.241 e. The van der Waals surface area contributed by atoms with Gasteiger partial charge in [0.05, 0.1) is 10.7 Å². The molecular weight excluding hydrogens is 196 g/mol. The first-order valence-corrected chi connectivity index (χ1v) is 5.86. The molecule has 0 radical (unpaired) electrons. The highest BCUT2D eigenvalue weighted by Gasteiger charge is 2.33. The second kappa shape index (κ2) is 2.20. The summed E-state index contributed by atoms with van der Waals surface area (Å²) in [5.74, 6) is 0.0587. The molecule has 2 rings (SSSR count). The second-order valence-corrected chi connectivity index (χ2v) is 5.89. The first-order valence-electron chi connectivity index (χ1n) is 3.43. The third-order valence-electron chi connectivity index (χ3n) is 1.81. The quantitative estimate of drug-likeness (QED) is 0.626. The van der Waals surface area contributed by atoms with Gasteiger partial charge in [-0.2, -0.15) is 0 Å². The maximum atomic E-state index is 11.3. The first kappa shape index (κ1) is 8.00. The molecule has 66 valence electrons. The van der Waals surface area contributed by atoms with Crippen LogP contribution >= 0.6 is 11.3 Å². The van der Waals surface area contributed by atoms with E-state index in [0.717, 1.165) is 10.0 Å². The molecule has 0 aromatic carbocycles. The van der Waals surface area contributed by atoms with Gasteiger partial charge < -0.3 is 0 Å². The van der Waals surface area contributed by atoms with Crippen LogP contribution in [0, 0.1) is 6.92 Å². The number of sulfonamides is 1. The Balaban J connectivity index is 2.60. The van der Waals surface area contributed by atoms with Crippen LogP contribution in [-0.4, -0.2) is 20.4 Å². The van der Waals surface area contributed by atoms with Gasteiger partial charge in [-0.3, -0.25) is 4.31 Å². The van der Waals surface area contributed by atoms with E-state index < -0.39 is 10.0 Å². The molecule has 0 aliphatic carbocycles. The van der Waals surface area contributed by atoms with Crippen LogP contribution in [0.15, 0.2) is 0 Å². The predicted octanol–water partition coefficient (Wildman–Crippen LogP) is 0.731. The van der Waals surface area contributed by atoms with Crippen molar-refractivity contribution in [3.05, 3.63) is 10.7 Å². The fourth-order valence-electron chi connectivity index (χ4n) is 1.20. The fraction of sp³-hybridized carbons (Fsp3) is 0.500. The Kier molecular flexibility index (Phi) is 1.47. The predicted molar refractivity (Wildman–Crippen MR) is 47.9 cm³/mol. The van der Waals surface area contributed by atoms with Crippen LogP contribution < -0.4 is 4.31 Å². The normalized spacial score (nSPS) is 19.7. The lowest BCUT2D eigenvalue weighted by molar-refractivity contribution is 0.596. The summed E-state index contributed by atoms with van der Waals surface area (Å²) in [6, 6.07) is 0. The second-order valence-electron chi connectivity index (χ2n) is 2.71. The van der Waals surface area contributed by atoms with E-state index in [2.05, 4.69) is 4.98 Å². The lowest BCUT2D eigenvalue weighted by Crippen LogP contribution is -2.20. The zero-order valence-corrected chi connectivity index (χ0v) is 8.37. The number of aryl methyl sites for hydroxylation is 1. The van der Waals surface area contributed by atoms with Crippen LogP contribution in [0.2, 0.25) is 0 Å². The molecule has 0 atom stereocenters. The number of anilines is 1. The van der Waals surface area contributed by atoms with Crippen LogP contribution in [0.5, 0.6) is 0 Å². The van der Waals surface area contributed by atoms with Crippen LogP contribution in [0.1, 0.15) is 10.7 Å². The van der Waals surface area contributed by atoms with Gasteiger partial charge in [-0.25, -0.2) is 13.4 Å². The van der Waals surface area contributed by atoms with Crippen molar-refractivity contribution in [1.82, 2.24) is 4.98 Å². The molecule has 0 N–H and O–H groups in total. The lowest BCUT2D eigenvalue weighted by Gasteiger charge is -2.07. The monoisotopic (exact) mass is 204 g/mol. The molecule has 0 saturated carbocycles. The van der Waals surface area contributed by atoms with Gasteiger partial charge in [-0.05, 0) is 6.92 Å². The molecule has 4 nitrogen and oxygen atoms in total. The molecule has 0 saturated heterocycles. The van der Waals surface area contributed by atoms with Crippen molar-refractivity contribution in [3.63, 3.8) is 0 Å². The molecule has 2 heterocycles. The number of aromatic nitrogens is 1. The van der Waals surface area contributed by atoms with Gasteiger partial charge in [0.2, 0.25) is 10.0 Å². The van der Waals surface area contributed by atoms with Gasteiger partial charge in [0, 0.05) is 7.05 Å². The van der Waals surface area contributed by atoms with Gasteiger partial charge in [0.1, 0.15) is 10.8 Å². The van der Waals surface area contributed by atoms with Crippen LogP contribution in [0.3, 0.4) is 0 Å². The summed E-state index contributed by atoms with van der Waals surface area (Å²) in [7, 11) is -1.51. The SMILES string of the molecule is Cc1nc2c(s1)N(C)S(=O)(=O)C2. The van der Waals surface area contributed by atoms with E-state index in [1.807, 2.05) is 6.92 Å². The molecule has 0 bridgehead atoms. The van der Waals surface area contributed by atoms with Crippen molar-refractivity contribution < 1.29 is 8.42 Å². The molecule has 1 aromatic rings. The third kappa shape index (κ3) is 0.947. The highest BCUT2D eigenvalue weighted by atomic mass is 32.2. The summed E-state index contributed by atoms with van der Waals surface area (Å²) in [5.41, 5.74) is 0.694. The van der Waals surface area contributed by atoms with E-state index in [1.54, 1.807) is 7.05 Å². The minimum Gasteiger partial charge on any atom is -0.262 e. The molecule has 6 heteroatoms. The minimum absolute atomic E-state index is 0.0587. The van der Waals surface area contributed by atoms with E-state index >= 15 is 0 Å². The summed E-state index contributed by atoms with van der Waals surface area (Å²) in [6.07, 6.45) is 0. The van der Waals surface area contributed by atoms with Gasteiger partial charge in [0.15, 0.2) is 0 Å². The number of nitrogens with zero attached hydrogens (tertiary/aromatic N) is 2. The van der Waals surface area contributed by atoms with E-state index in [0.29, 0.717) is 5.69 Å². The van der Waals surface area contributed by atoms with Crippen molar-refractivity contribution in [1.29, 1.82) is 0 Å². The fourth-order valence-corrected chi connectivity index (χ4v) is 3.64. The minimum atomic E-state index is -3.08. The third-order valence-corrected chi connectivity index (χ3v) is 4.67. The molecule has 1 aromatic heterocycles. The van der Waals surface area contributed by atoms with Gasteiger partial charge in [-0.15, -0.1) is 11.3 Å². The van der Waals surface area contributed by atoms with Crippen LogP contribution in [0.4, 0.5) is 5.00 Å². The lowest BCUT2D eigenvalue weighted by atomic mass is 10.5. The molecule has 0 amide bonds. The summed E-state index contributed by atoms with van der Waals surface area (Å²) in [4.78, 5) is 4.13. The largest absolute Gasteiger partial charge is 0.262 e. The maximum absolute atomic E-state index is 11.3. The number of hydrogen-bond acceptors (Lipinski definition) is 4. The van der Waals surface area contributed by atoms with Gasteiger partial charge in [0.25, 0.3) is 0 Å². The van der Waals surface area contributed by atoms with E-state index in [-0.39, 0.29) is 5.75 Å². The Morgan fingerprint density at radius 1 is 1.58 bits per heavy atom. The zero-order valence-electron chi connectivity index (χ0n) is 6.73. The van der Waals surface area contributed by atoms with Gasteiger partial charge in [-0.1, -0.05) is 0 Å². The van der Waals surface area contributed by atoms with Crippen molar-refractivity contribution >= 4 is 26.4 Å². The zero-order chi connectivity index (χ0) is 8.93. The molecule has 0 spiro atoms. The highest BCUT2D eigenvalue weighted by molar-refractivity contribution is 7.92. The number of rotatable bonds is 0. The van der Waals surface area contributed by atoms with Crippen molar-refractivity contribution in [2.24, 2.45) is 0 Å². The topological polar surface area (TPSA) is 50.3 Å². The Bertz CT molecular complexity index is 421. The van der Waals surface area contributed by atoms with E-state index in [4.69, 9.17) is 0 Å². The molecule has 12 heavy (non-hydrogen) atoms. The summed E-state index contributed by atoms with van der Waals surface area (Å²) >= 11 is 1.42. The number of thiazole rings is 1. The molecule has 0 unspecified atom stereocenters. The first-order chi connectivity index (χ1) is 5.50. The Hall–Kier alpha value is -0.620. The molecule has 1 aliphatic heterocycles. The summed E-state index contributed by atoms with van der Waals surface area (Å²) < 4.78 is 23.9. The average molecular weight is 204 g/mol. The molecular formula is C6H8N2O2S2. The smallest absolute Gasteiger partial charge is 0.241 e. The standard InChI is InChI=1S/C6H8N2O2S2/c1-4-7-5-3-12(9,10)8(2)6(5)11-4/h3H2,1-2H3. The average Bonchev–Trinajstić information content (AvgIpc) is 2.35. The van der Waals surface area contributed by atoms with E-state index in [9.17, 15) is 8.42 Å². The van der Waals surface area contributed by atoms with Crippen molar-refractivity contribution in [2.75, 3.05) is 11.4 Å². The van der Waals surface area contributed by atoms with Gasteiger partial charge >= 0.3 is 0 Å². The molecule has 0 fully saturated rings. The summed E-state index contributed by atoms with van der Waals surface area (Å²) in [5, 5.41) is 1.69. The van der Waals surface area contributed by atoms with Crippen LogP contribution in [-0.2, 0) is 15.8 Å². The Morgan fingerprint density at radius 2 is 2.25 bits per heavy atom. The Morgan fingerprint density at radius 3 is 2.83 bits per heavy atom. The highest BCUT2D eigenvalue weighted by Crippen LogP contribution is 2.36. The Labute approximate surface area is 74.9 Å². The van der Waals surface area contributed by atoms with Crippen molar-refractivity contribution in [3.8, 4) is 0 Å². The molecule has 1 aliphatic rings. The van der Waals surface area contributed by atoms with Crippen molar-refractivity contribution in [2.45, 2.75) is 12.7 Å². The summed E-state index contributed by atoms with van der Waals surface area (Å²) in [6.45, 7) is 1.88.